The number of nitrogens with zero attached hydrogens (tertiary/aromatic N) is 1. The second-order valence-corrected chi connectivity index (χ2v) is 6.22. The zero-order chi connectivity index (χ0) is 19.3. The fraction of sp³-hybridized carbons (Fsp3) is 0.143. The Labute approximate surface area is 160 Å². The molecule has 6 nitrogen and oxygen atoms in total. The summed E-state index contributed by atoms with van der Waals surface area (Å²) in [5.41, 5.74) is 1.88. The highest BCUT2D eigenvalue weighted by Crippen LogP contribution is 2.15. The van der Waals surface area contributed by atoms with E-state index in [1.54, 1.807) is 12.1 Å². The average molecular weight is 379 g/mol. The minimum Gasteiger partial charge on any atom is -0.486 e. The smallest absolute Gasteiger partial charge is 0.287 e. The van der Waals surface area contributed by atoms with E-state index in [1.807, 2.05) is 24.3 Å². The number of hydrogen-bond acceptors (Lipinski definition) is 4. The van der Waals surface area contributed by atoms with Crippen LogP contribution in [0.5, 0.6) is 5.75 Å². The molecule has 0 atom stereocenters. The Hall–Kier alpha value is -3.61. The van der Waals surface area contributed by atoms with Gasteiger partial charge in [-0.15, -0.1) is 0 Å². The molecule has 0 unspecified atom stereocenters. The molecule has 4 rings (SSSR count). The Bertz CT molecular complexity index is 1050. The maximum Gasteiger partial charge on any atom is 0.287 e. The van der Waals surface area contributed by atoms with Gasteiger partial charge in [0.05, 0.1) is 11.0 Å². The van der Waals surface area contributed by atoms with Crippen LogP contribution >= 0.6 is 0 Å². The molecule has 0 aliphatic rings. The molecule has 2 N–H and O–H groups in total. The van der Waals surface area contributed by atoms with Crippen molar-refractivity contribution in [1.29, 1.82) is 0 Å². The van der Waals surface area contributed by atoms with Gasteiger partial charge in [0, 0.05) is 13.0 Å². The third-order valence-electron chi connectivity index (χ3n) is 4.17. The first-order valence-electron chi connectivity index (χ1n) is 8.86. The van der Waals surface area contributed by atoms with E-state index < -0.39 is 0 Å². The minimum atomic E-state index is -0.327. The standard InChI is InChI=1S/C21H18FN3O3/c22-14-5-7-15(8-6-14)27-13-16-9-10-19(28-16)21(26)23-12-11-20-24-17-3-1-2-4-18(17)25-20/h1-10H,11-13H2,(H,23,26)(H,24,25). The Morgan fingerprint density at radius 3 is 2.75 bits per heavy atom. The van der Waals surface area contributed by atoms with Gasteiger partial charge in [0.1, 0.15) is 29.8 Å². The van der Waals surface area contributed by atoms with E-state index in [0.717, 1.165) is 16.9 Å². The van der Waals surface area contributed by atoms with Crippen molar-refractivity contribution in [1.82, 2.24) is 15.3 Å². The molecule has 0 aliphatic carbocycles. The lowest BCUT2D eigenvalue weighted by atomic mass is 10.3. The number of amides is 1. The number of aromatic amines is 1. The first-order chi connectivity index (χ1) is 13.7. The van der Waals surface area contributed by atoms with Crippen LogP contribution in [0.25, 0.3) is 11.0 Å². The van der Waals surface area contributed by atoms with Crippen LogP contribution in [0.1, 0.15) is 22.1 Å². The minimum absolute atomic E-state index is 0.151. The number of halogens is 1. The fourth-order valence-electron chi connectivity index (χ4n) is 2.77. The van der Waals surface area contributed by atoms with Gasteiger partial charge >= 0.3 is 0 Å². The summed E-state index contributed by atoms with van der Waals surface area (Å²) in [7, 11) is 0. The molecule has 2 heterocycles. The van der Waals surface area contributed by atoms with Gasteiger partial charge in [-0.3, -0.25) is 4.79 Å². The Kier molecular flexibility index (Phi) is 5.05. The lowest BCUT2D eigenvalue weighted by Gasteiger charge is -2.04. The quantitative estimate of drug-likeness (QED) is 0.511. The second-order valence-electron chi connectivity index (χ2n) is 6.22. The summed E-state index contributed by atoms with van der Waals surface area (Å²) in [5.74, 6) is 1.43. The number of hydrogen-bond donors (Lipinski definition) is 2. The Balaban J connectivity index is 1.27. The van der Waals surface area contributed by atoms with Crippen LogP contribution < -0.4 is 10.1 Å². The van der Waals surface area contributed by atoms with E-state index in [0.29, 0.717) is 24.5 Å². The Morgan fingerprint density at radius 1 is 1.11 bits per heavy atom. The molecule has 28 heavy (non-hydrogen) atoms. The zero-order valence-corrected chi connectivity index (χ0v) is 14.9. The molecule has 0 bridgehead atoms. The van der Waals surface area contributed by atoms with Crippen LogP contribution in [0, 0.1) is 5.82 Å². The number of ether oxygens (including phenoxy) is 1. The molecule has 0 fully saturated rings. The summed E-state index contributed by atoms with van der Waals surface area (Å²) in [6, 6.07) is 16.8. The lowest BCUT2D eigenvalue weighted by Crippen LogP contribution is -2.25. The van der Waals surface area contributed by atoms with Gasteiger partial charge in [-0.1, -0.05) is 12.1 Å². The maximum atomic E-state index is 12.9. The van der Waals surface area contributed by atoms with E-state index in [1.165, 1.54) is 24.3 Å². The summed E-state index contributed by atoms with van der Waals surface area (Å²) in [4.78, 5) is 19.9. The number of fused-ring (bicyclic) bond motifs is 1. The largest absolute Gasteiger partial charge is 0.486 e. The lowest BCUT2D eigenvalue weighted by molar-refractivity contribution is 0.0922. The summed E-state index contributed by atoms with van der Waals surface area (Å²) in [6.45, 7) is 0.582. The van der Waals surface area contributed by atoms with Crippen LogP contribution in [0.2, 0.25) is 0 Å². The van der Waals surface area contributed by atoms with Gasteiger partial charge in [-0.25, -0.2) is 9.37 Å². The van der Waals surface area contributed by atoms with Crippen molar-refractivity contribution < 1.29 is 18.3 Å². The summed E-state index contributed by atoms with van der Waals surface area (Å²) >= 11 is 0. The molecule has 1 amide bonds. The van der Waals surface area contributed by atoms with Crippen molar-refractivity contribution >= 4 is 16.9 Å². The number of H-pyrrole nitrogens is 1. The summed E-state index contributed by atoms with van der Waals surface area (Å²) in [6.07, 6.45) is 0.585. The van der Waals surface area contributed by atoms with E-state index >= 15 is 0 Å². The number of nitrogens with one attached hydrogen (secondary N) is 2. The average Bonchev–Trinajstić information content (AvgIpc) is 3.34. The van der Waals surface area contributed by atoms with Crippen LogP contribution in [0.4, 0.5) is 4.39 Å². The van der Waals surface area contributed by atoms with Crippen LogP contribution in [0.15, 0.2) is 65.1 Å². The van der Waals surface area contributed by atoms with Gasteiger partial charge < -0.3 is 19.5 Å². The van der Waals surface area contributed by atoms with Crippen molar-refractivity contribution in [3.63, 3.8) is 0 Å². The summed E-state index contributed by atoms with van der Waals surface area (Å²) in [5, 5.41) is 2.81. The second kappa shape index (κ2) is 7.96. The van der Waals surface area contributed by atoms with Gasteiger partial charge in [0.2, 0.25) is 0 Å². The number of carbonyl (C=O) groups is 1. The molecule has 2 aromatic carbocycles. The highest BCUT2D eigenvalue weighted by Gasteiger charge is 2.12. The van der Waals surface area contributed by atoms with E-state index in [2.05, 4.69) is 15.3 Å². The summed E-state index contributed by atoms with van der Waals surface area (Å²) < 4.78 is 23.9. The molecular weight excluding hydrogens is 361 g/mol. The number of carbonyl (C=O) groups excluding carboxylic acids is 1. The van der Waals surface area contributed by atoms with Crippen molar-refractivity contribution in [2.45, 2.75) is 13.0 Å². The predicted molar refractivity (Wildman–Crippen MR) is 102 cm³/mol. The normalized spacial score (nSPS) is 10.9. The topological polar surface area (TPSA) is 80.2 Å². The first-order valence-corrected chi connectivity index (χ1v) is 8.86. The SMILES string of the molecule is O=C(NCCc1nc2ccccc2[nH]1)c1ccc(COc2ccc(F)cc2)o1. The van der Waals surface area contributed by atoms with Crippen LogP contribution in [0.3, 0.4) is 0 Å². The monoisotopic (exact) mass is 379 g/mol. The zero-order valence-electron chi connectivity index (χ0n) is 14.9. The van der Waals surface area contributed by atoms with E-state index in [4.69, 9.17) is 9.15 Å². The number of rotatable bonds is 7. The number of imidazole rings is 1. The highest BCUT2D eigenvalue weighted by atomic mass is 19.1. The molecule has 0 radical (unpaired) electrons. The highest BCUT2D eigenvalue weighted by molar-refractivity contribution is 5.91. The predicted octanol–water partition coefficient (Wildman–Crippen LogP) is 3.85. The number of benzene rings is 2. The van der Waals surface area contributed by atoms with Gasteiger partial charge in [0.25, 0.3) is 5.91 Å². The van der Waals surface area contributed by atoms with E-state index in [-0.39, 0.29) is 24.1 Å². The van der Waals surface area contributed by atoms with Gasteiger partial charge in [-0.05, 0) is 48.5 Å². The van der Waals surface area contributed by atoms with Crippen LogP contribution in [-0.2, 0) is 13.0 Å². The molecule has 2 aromatic heterocycles. The number of furan rings is 1. The van der Waals surface area contributed by atoms with Crippen LogP contribution in [-0.4, -0.2) is 22.4 Å². The molecular formula is C21H18FN3O3. The first kappa shape index (κ1) is 17.8. The molecule has 142 valence electrons. The third kappa shape index (κ3) is 4.20. The molecule has 0 saturated heterocycles. The van der Waals surface area contributed by atoms with Crippen molar-refractivity contribution in [2.75, 3.05) is 6.54 Å². The van der Waals surface area contributed by atoms with Gasteiger partial charge in [-0.2, -0.15) is 0 Å². The van der Waals surface area contributed by atoms with Crippen molar-refractivity contribution in [2.24, 2.45) is 0 Å². The van der Waals surface area contributed by atoms with Crippen molar-refractivity contribution in [3.8, 4) is 5.75 Å². The third-order valence-corrected chi connectivity index (χ3v) is 4.17. The molecule has 7 heteroatoms. The number of para-hydroxylation sites is 2. The Morgan fingerprint density at radius 2 is 1.93 bits per heavy atom. The molecule has 0 spiro atoms. The molecule has 0 saturated carbocycles. The molecule has 4 aromatic rings. The number of aromatic nitrogens is 2. The van der Waals surface area contributed by atoms with E-state index in [9.17, 15) is 9.18 Å². The van der Waals surface area contributed by atoms with Gasteiger partial charge in [0.15, 0.2) is 5.76 Å². The van der Waals surface area contributed by atoms with Crippen molar-refractivity contribution in [3.05, 3.63) is 83.8 Å². The molecule has 0 aliphatic heterocycles. The maximum absolute atomic E-state index is 12.9. The fourth-order valence-corrected chi connectivity index (χ4v) is 2.77.